The van der Waals surface area contributed by atoms with Crippen LogP contribution in [0, 0.1) is 0 Å². The predicted molar refractivity (Wildman–Crippen MR) is 88.0 cm³/mol. The summed E-state index contributed by atoms with van der Waals surface area (Å²) < 4.78 is 0. The van der Waals surface area contributed by atoms with Crippen molar-refractivity contribution in [2.45, 2.75) is 25.8 Å². The molecule has 1 aromatic rings. The van der Waals surface area contributed by atoms with Crippen LogP contribution in [-0.2, 0) is 0 Å². The third-order valence-electron chi connectivity index (χ3n) is 4.51. The van der Waals surface area contributed by atoms with Gasteiger partial charge in [0.25, 0.3) is 5.91 Å². The molecule has 0 aliphatic carbocycles. The second-order valence-electron chi connectivity index (χ2n) is 6.05. The van der Waals surface area contributed by atoms with Gasteiger partial charge in [-0.25, -0.2) is 0 Å². The number of nitrogens with zero attached hydrogens (tertiary/aromatic N) is 3. The fourth-order valence-electron chi connectivity index (χ4n) is 2.81. The summed E-state index contributed by atoms with van der Waals surface area (Å²) in [7, 11) is 6.29. The monoisotopic (exact) mass is 289 g/mol. The largest absolute Gasteiger partial charge is 0.375 e. The lowest BCUT2D eigenvalue weighted by Gasteiger charge is -2.35. The van der Waals surface area contributed by atoms with Crippen LogP contribution in [0.25, 0.3) is 0 Å². The maximum atomic E-state index is 12.5. The van der Waals surface area contributed by atoms with Gasteiger partial charge in [-0.05, 0) is 58.1 Å². The molecule has 1 fully saturated rings. The zero-order valence-corrected chi connectivity index (χ0v) is 13.7. The summed E-state index contributed by atoms with van der Waals surface area (Å²) in [6.45, 7) is 4.80. The van der Waals surface area contributed by atoms with E-state index in [2.05, 4.69) is 37.9 Å². The normalized spacial score (nSPS) is 16.3. The highest BCUT2D eigenvalue weighted by Gasteiger charge is 2.24. The van der Waals surface area contributed by atoms with Gasteiger partial charge < -0.3 is 14.7 Å². The number of hydrogen-bond donors (Lipinski definition) is 0. The van der Waals surface area contributed by atoms with E-state index in [9.17, 15) is 4.79 Å². The third-order valence-corrected chi connectivity index (χ3v) is 4.51. The molecule has 0 spiro atoms. The van der Waals surface area contributed by atoms with Crippen molar-refractivity contribution in [1.29, 1.82) is 0 Å². The number of hydrogen-bond acceptors (Lipinski definition) is 3. The Morgan fingerprint density at radius 1 is 1.14 bits per heavy atom. The average molecular weight is 289 g/mol. The summed E-state index contributed by atoms with van der Waals surface area (Å²) in [4.78, 5) is 18.9. The minimum absolute atomic E-state index is 0.165. The number of piperidine rings is 1. The number of carbonyl (C=O) groups excluding carboxylic acids is 1. The van der Waals surface area contributed by atoms with E-state index in [1.165, 1.54) is 0 Å². The molecule has 1 amide bonds. The van der Waals surface area contributed by atoms with Crippen LogP contribution in [-0.4, -0.2) is 62.5 Å². The maximum Gasteiger partial charge on any atom is 0.253 e. The number of anilines is 1. The first-order valence-corrected chi connectivity index (χ1v) is 7.79. The lowest BCUT2D eigenvalue weighted by atomic mass is 10.0. The second kappa shape index (κ2) is 6.94. The summed E-state index contributed by atoms with van der Waals surface area (Å²) in [6.07, 6.45) is 2.13. The number of carbonyl (C=O) groups is 1. The molecular weight excluding hydrogens is 262 g/mol. The standard InChI is InChI=1S/C17H27N3O/c1-5-19(4)16-8-6-14(7-9-16)17(21)20-12-10-15(11-13-20)18(2)3/h6-9,15H,5,10-13H2,1-4H3. The molecule has 0 bridgehead atoms. The van der Waals surface area contributed by atoms with Gasteiger partial charge in [0.1, 0.15) is 0 Å². The highest BCUT2D eigenvalue weighted by molar-refractivity contribution is 5.94. The van der Waals surface area contributed by atoms with E-state index in [1.54, 1.807) is 0 Å². The lowest BCUT2D eigenvalue weighted by Crippen LogP contribution is -2.44. The molecule has 21 heavy (non-hydrogen) atoms. The third kappa shape index (κ3) is 3.76. The van der Waals surface area contributed by atoms with Gasteiger partial charge in [-0.2, -0.15) is 0 Å². The summed E-state index contributed by atoms with van der Waals surface area (Å²) >= 11 is 0. The average Bonchev–Trinajstić information content (AvgIpc) is 2.53. The van der Waals surface area contributed by atoms with Crippen molar-refractivity contribution in [3.05, 3.63) is 29.8 Å². The second-order valence-corrected chi connectivity index (χ2v) is 6.05. The van der Waals surface area contributed by atoms with Gasteiger partial charge in [0.2, 0.25) is 0 Å². The van der Waals surface area contributed by atoms with E-state index in [4.69, 9.17) is 0 Å². The van der Waals surface area contributed by atoms with Crippen molar-refractivity contribution in [2.75, 3.05) is 45.7 Å². The Morgan fingerprint density at radius 2 is 1.71 bits per heavy atom. The highest BCUT2D eigenvalue weighted by Crippen LogP contribution is 2.19. The predicted octanol–water partition coefficient (Wildman–Crippen LogP) is 2.31. The van der Waals surface area contributed by atoms with Crippen LogP contribution in [0.4, 0.5) is 5.69 Å². The first-order chi connectivity index (χ1) is 10.0. The van der Waals surface area contributed by atoms with Crippen LogP contribution in [0.2, 0.25) is 0 Å². The van der Waals surface area contributed by atoms with E-state index in [-0.39, 0.29) is 5.91 Å². The molecule has 0 N–H and O–H groups in total. The van der Waals surface area contributed by atoms with Gasteiger partial charge >= 0.3 is 0 Å². The van der Waals surface area contributed by atoms with Gasteiger partial charge in [0.15, 0.2) is 0 Å². The molecule has 1 aromatic carbocycles. The van der Waals surface area contributed by atoms with E-state index in [0.29, 0.717) is 6.04 Å². The molecule has 1 aliphatic heterocycles. The van der Waals surface area contributed by atoms with Crippen LogP contribution < -0.4 is 4.90 Å². The molecule has 2 rings (SSSR count). The molecule has 1 heterocycles. The number of benzene rings is 1. The van der Waals surface area contributed by atoms with E-state index in [0.717, 1.165) is 43.7 Å². The molecule has 4 heteroatoms. The fourth-order valence-corrected chi connectivity index (χ4v) is 2.81. The zero-order chi connectivity index (χ0) is 15.4. The molecule has 0 radical (unpaired) electrons. The molecule has 1 saturated heterocycles. The quantitative estimate of drug-likeness (QED) is 0.851. The SMILES string of the molecule is CCN(C)c1ccc(C(=O)N2CCC(N(C)C)CC2)cc1. The van der Waals surface area contributed by atoms with Gasteiger partial charge in [0.05, 0.1) is 0 Å². The highest BCUT2D eigenvalue weighted by atomic mass is 16.2. The van der Waals surface area contributed by atoms with Crippen molar-refractivity contribution in [2.24, 2.45) is 0 Å². The van der Waals surface area contributed by atoms with Crippen LogP contribution in [0.15, 0.2) is 24.3 Å². The lowest BCUT2D eigenvalue weighted by molar-refractivity contribution is 0.0663. The first kappa shape index (κ1) is 15.8. The van der Waals surface area contributed by atoms with Crippen LogP contribution in [0.5, 0.6) is 0 Å². The van der Waals surface area contributed by atoms with Crippen molar-refractivity contribution in [3.63, 3.8) is 0 Å². The minimum Gasteiger partial charge on any atom is -0.375 e. The Kier molecular flexibility index (Phi) is 5.23. The Hall–Kier alpha value is -1.55. The van der Waals surface area contributed by atoms with Gasteiger partial charge in [0, 0.05) is 44.0 Å². The number of rotatable bonds is 4. The van der Waals surface area contributed by atoms with Crippen molar-refractivity contribution < 1.29 is 4.79 Å². The van der Waals surface area contributed by atoms with Crippen molar-refractivity contribution >= 4 is 11.6 Å². The summed E-state index contributed by atoms with van der Waals surface area (Å²) in [5, 5.41) is 0. The Balaban J connectivity index is 1.98. The molecule has 0 saturated carbocycles. The smallest absolute Gasteiger partial charge is 0.253 e. The van der Waals surface area contributed by atoms with Crippen LogP contribution in [0.1, 0.15) is 30.1 Å². The van der Waals surface area contributed by atoms with Crippen LogP contribution in [0.3, 0.4) is 0 Å². The van der Waals surface area contributed by atoms with Crippen molar-refractivity contribution in [1.82, 2.24) is 9.80 Å². The molecule has 116 valence electrons. The van der Waals surface area contributed by atoms with Crippen molar-refractivity contribution in [3.8, 4) is 0 Å². The van der Waals surface area contributed by atoms with Gasteiger partial charge in [-0.15, -0.1) is 0 Å². The number of likely N-dealkylation sites (tertiary alicyclic amines) is 1. The molecule has 0 atom stereocenters. The van der Waals surface area contributed by atoms with E-state index in [1.807, 2.05) is 29.2 Å². The number of amides is 1. The summed E-state index contributed by atoms with van der Waals surface area (Å²) in [6, 6.07) is 8.56. The molecule has 0 unspecified atom stereocenters. The minimum atomic E-state index is 0.165. The maximum absolute atomic E-state index is 12.5. The van der Waals surface area contributed by atoms with Gasteiger partial charge in [-0.1, -0.05) is 0 Å². The van der Waals surface area contributed by atoms with E-state index >= 15 is 0 Å². The molecule has 4 nitrogen and oxygen atoms in total. The molecule has 0 aromatic heterocycles. The van der Waals surface area contributed by atoms with Crippen LogP contribution >= 0.6 is 0 Å². The topological polar surface area (TPSA) is 26.8 Å². The van der Waals surface area contributed by atoms with E-state index < -0.39 is 0 Å². The molecule has 1 aliphatic rings. The Labute approximate surface area is 128 Å². The van der Waals surface area contributed by atoms with Gasteiger partial charge in [-0.3, -0.25) is 4.79 Å². The summed E-state index contributed by atoms with van der Waals surface area (Å²) in [5.41, 5.74) is 1.95. The summed E-state index contributed by atoms with van der Waals surface area (Å²) in [5.74, 6) is 0.165. The zero-order valence-electron chi connectivity index (χ0n) is 13.7. The fraction of sp³-hybridized carbons (Fsp3) is 0.588. The molecular formula is C17H27N3O. The Morgan fingerprint density at radius 3 is 2.19 bits per heavy atom. The Bertz CT molecular complexity index is 461. The first-order valence-electron chi connectivity index (χ1n) is 7.79.